The van der Waals surface area contributed by atoms with Crippen molar-refractivity contribution in [2.75, 3.05) is 5.32 Å². The highest BCUT2D eigenvalue weighted by atomic mass is 32.2. The van der Waals surface area contributed by atoms with Gasteiger partial charge in [0.25, 0.3) is 5.91 Å². The third-order valence-electron chi connectivity index (χ3n) is 4.52. The van der Waals surface area contributed by atoms with Crippen LogP contribution in [0.1, 0.15) is 11.1 Å². The quantitative estimate of drug-likeness (QED) is 0.303. The Morgan fingerprint density at radius 1 is 0.909 bits per heavy atom. The first-order valence-corrected chi connectivity index (χ1v) is 11.7. The molecule has 0 aromatic heterocycles. The molecule has 0 saturated carbocycles. The van der Waals surface area contributed by atoms with E-state index in [1.165, 1.54) is 12.1 Å². The zero-order valence-electron chi connectivity index (χ0n) is 17.4. The lowest BCUT2D eigenvalue weighted by Crippen LogP contribution is -2.53. The van der Waals surface area contributed by atoms with Crippen molar-refractivity contribution in [1.82, 2.24) is 15.6 Å². The van der Waals surface area contributed by atoms with E-state index in [4.69, 9.17) is 17.5 Å². The molecule has 8 nitrogen and oxygen atoms in total. The predicted octanol–water partition coefficient (Wildman–Crippen LogP) is 2.47. The number of anilines is 1. The molecule has 3 aromatic rings. The molecule has 0 saturated heterocycles. The molecular weight excluding hydrogens is 458 g/mol. The summed E-state index contributed by atoms with van der Waals surface area (Å²) in [5.74, 6) is -0.609. The number of hydrogen-bond acceptors (Lipinski definition) is 5. The molecule has 0 aliphatic heterocycles. The van der Waals surface area contributed by atoms with E-state index in [-0.39, 0.29) is 16.4 Å². The topological polar surface area (TPSA) is 123 Å². The number of rotatable bonds is 7. The maximum atomic E-state index is 12.9. The number of amides is 1. The molecule has 0 heterocycles. The number of thiocarbonyl (C=S) groups is 1. The fourth-order valence-corrected chi connectivity index (χ4v) is 4.27. The van der Waals surface area contributed by atoms with Crippen LogP contribution in [0.5, 0.6) is 0 Å². The van der Waals surface area contributed by atoms with Crippen molar-refractivity contribution in [2.24, 2.45) is 0 Å². The van der Waals surface area contributed by atoms with Gasteiger partial charge in [-0.3, -0.25) is 15.6 Å². The number of sulfonamides is 1. The molecule has 3 aromatic carbocycles. The largest absolute Gasteiger partial charge is 0.331 e. The number of nitriles is 1. The fraction of sp³-hybridized carbons (Fsp3) is 0.0870. The summed E-state index contributed by atoms with van der Waals surface area (Å²) < 4.78 is 28.1. The standard InChI is InChI=1S/C23H21N5O3S2/c24-16-18-11-13-19(14-12-18)25-23(32)27-26-22(29)21(15-17-7-3-1-4-8-17)28-33(30,31)20-9-5-2-6-10-20/h1-14,21,28H,15H2,(H,26,29)(H2,25,27,32)/t21-/m0/s1. The monoisotopic (exact) mass is 479 g/mol. The van der Waals surface area contributed by atoms with E-state index in [2.05, 4.69) is 20.9 Å². The van der Waals surface area contributed by atoms with Gasteiger partial charge in [-0.2, -0.15) is 9.98 Å². The van der Waals surface area contributed by atoms with Gasteiger partial charge in [-0.15, -0.1) is 0 Å². The van der Waals surface area contributed by atoms with Crippen LogP contribution in [0, 0.1) is 11.3 Å². The van der Waals surface area contributed by atoms with Crippen LogP contribution >= 0.6 is 12.2 Å². The van der Waals surface area contributed by atoms with Gasteiger partial charge in [0.2, 0.25) is 10.0 Å². The molecule has 4 N–H and O–H groups in total. The average molecular weight is 480 g/mol. The van der Waals surface area contributed by atoms with Crippen LogP contribution in [0.25, 0.3) is 0 Å². The highest BCUT2D eigenvalue weighted by Gasteiger charge is 2.26. The lowest BCUT2D eigenvalue weighted by atomic mass is 10.1. The summed E-state index contributed by atoms with van der Waals surface area (Å²) >= 11 is 5.18. The fourth-order valence-electron chi connectivity index (χ4n) is 2.89. The summed E-state index contributed by atoms with van der Waals surface area (Å²) in [4.78, 5) is 12.9. The van der Waals surface area contributed by atoms with Gasteiger partial charge in [0.05, 0.1) is 16.5 Å². The molecule has 1 amide bonds. The number of benzene rings is 3. The van der Waals surface area contributed by atoms with Crippen molar-refractivity contribution in [3.8, 4) is 6.07 Å². The van der Waals surface area contributed by atoms with E-state index in [9.17, 15) is 13.2 Å². The van der Waals surface area contributed by atoms with Crippen molar-refractivity contribution < 1.29 is 13.2 Å². The third kappa shape index (κ3) is 7.11. The van der Waals surface area contributed by atoms with Gasteiger partial charge in [-0.05, 0) is 60.6 Å². The average Bonchev–Trinajstić information content (AvgIpc) is 2.83. The van der Waals surface area contributed by atoms with Gasteiger partial charge >= 0.3 is 0 Å². The Labute approximate surface area is 197 Å². The predicted molar refractivity (Wildman–Crippen MR) is 129 cm³/mol. The van der Waals surface area contributed by atoms with Crippen molar-refractivity contribution in [1.29, 1.82) is 5.26 Å². The van der Waals surface area contributed by atoms with Gasteiger partial charge < -0.3 is 5.32 Å². The van der Waals surface area contributed by atoms with E-state index in [1.807, 2.05) is 36.4 Å². The summed E-state index contributed by atoms with van der Waals surface area (Å²) in [5, 5.41) is 11.8. The number of carbonyl (C=O) groups excluding carboxylic acids is 1. The summed E-state index contributed by atoms with van der Waals surface area (Å²) in [6, 6.07) is 24.4. The van der Waals surface area contributed by atoms with Gasteiger partial charge in [0, 0.05) is 5.69 Å². The van der Waals surface area contributed by atoms with Crippen molar-refractivity contribution in [2.45, 2.75) is 17.4 Å². The van der Waals surface area contributed by atoms with Crippen LogP contribution in [-0.2, 0) is 21.2 Å². The van der Waals surface area contributed by atoms with E-state index in [0.29, 0.717) is 11.3 Å². The summed E-state index contributed by atoms with van der Waals surface area (Å²) in [6.45, 7) is 0. The van der Waals surface area contributed by atoms with Crippen LogP contribution in [0.4, 0.5) is 5.69 Å². The van der Waals surface area contributed by atoms with E-state index >= 15 is 0 Å². The molecule has 0 spiro atoms. The first-order valence-electron chi connectivity index (χ1n) is 9.86. The van der Waals surface area contributed by atoms with E-state index in [0.717, 1.165) is 5.56 Å². The van der Waals surface area contributed by atoms with Crippen molar-refractivity contribution in [3.05, 3.63) is 96.1 Å². The van der Waals surface area contributed by atoms with Gasteiger partial charge in [0.15, 0.2) is 5.11 Å². The second-order valence-corrected chi connectivity index (χ2v) is 9.06. The normalized spacial score (nSPS) is 11.6. The molecule has 0 fully saturated rings. The van der Waals surface area contributed by atoms with Crippen molar-refractivity contribution >= 4 is 38.9 Å². The minimum absolute atomic E-state index is 0.0572. The molecular formula is C23H21N5O3S2. The maximum Gasteiger partial charge on any atom is 0.256 e. The van der Waals surface area contributed by atoms with Crippen LogP contribution < -0.4 is 20.9 Å². The van der Waals surface area contributed by atoms with Gasteiger partial charge in [0.1, 0.15) is 6.04 Å². The van der Waals surface area contributed by atoms with Gasteiger partial charge in [-0.25, -0.2) is 8.42 Å². The number of nitrogens with one attached hydrogen (secondary N) is 4. The minimum atomic E-state index is -3.93. The Morgan fingerprint density at radius 3 is 2.12 bits per heavy atom. The van der Waals surface area contributed by atoms with Crippen molar-refractivity contribution in [3.63, 3.8) is 0 Å². The number of carbonyl (C=O) groups is 1. The first kappa shape index (κ1) is 23.9. The second kappa shape index (κ2) is 11.2. The Hall–Kier alpha value is -3.78. The Morgan fingerprint density at radius 2 is 1.52 bits per heavy atom. The summed E-state index contributed by atoms with van der Waals surface area (Å²) in [5.41, 5.74) is 6.92. The highest BCUT2D eigenvalue weighted by molar-refractivity contribution is 7.89. The molecule has 1 atom stereocenters. The SMILES string of the molecule is N#Cc1ccc(NC(=S)NNC(=O)[C@H](Cc2ccccc2)NS(=O)(=O)c2ccccc2)cc1. The molecule has 33 heavy (non-hydrogen) atoms. The molecule has 3 rings (SSSR count). The molecule has 168 valence electrons. The van der Waals surface area contributed by atoms with Crippen LogP contribution in [0.3, 0.4) is 0 Å². The van der Waals surface area contributed by atoms with Gasteiger partial charge in [-0.1, -0.05) is 48.5 Å². The molecule has 0 radical (unpaired) electrons. The molecule has 10 heteroatoms. The molecule has 0 aliphatic carbocycles. The molecule has 0 aliphatic rings. The smallest absolute Gasteiger partial charge is 0.256 e. The number of hydrazine groups is 1. The lowest BCUT2D eigenvalue weighted by molar-refractivity contribution is -0.123. The van der Waals surface area contributed by atoms with Crippen LogP contribution in [0.2, 0.25) is 0 Å². The zero-order chi connectivity index (χ0) is 23.7. The lowest BCUT2D eigenvalue weighted by Gasteiger charge is -2.20. The third-order valence-corrected chi connectivity index (χ3v) is 6.21. The Balaban J connectivity index is 1.67. The second-order valence-electron chi connectivity index (χ2n) is 6.93. The van der Waals surface area contributed by atoms with E-state index < -0.39 is 22.0 Å². The molecule has 0 bridgehead atoms. The maximum absolute atomic E-state index is 12.9. The highest BCUT2D eigenvalue weighted by Crippen LogP contribution is 2.11. The van der Waals surface area contributed by atoms with Crippen LogP contribution in [-0.4, -0.2) is 25.5 Å². The number of nitrogens with zero attached hydrogens (tertiary/aromatic N) is 1. The summed E-state index contributed by atoms with van der Waals surface area (Å²) in [6.07, 6.45) is 0.135. The zero-order valence-corrected chi connectivity index (χ0v) is 19.0. The Bertz CT molecular complexity index is 1240. The number of hydrogen-bond donors (Lipinski definition) is 4. The Kier molecular flexibility index (Phi) is 8.10. The minimum Gasteiger partial charge on any atom is -0.331 e. The first-order chi connectivity index (χ1) is 15.9. The van der Waals surface area contributed by atoms with Crippen LogP contribution in [0.15, 0.2) is 89.8 Å². The van der Waals surface area contributed by atoms with E-state index in [1.54, 1.807) is 42.5 Å². The summed E-state index contributed by atoms with van der Waals surface area (Å²) in [7, 11) is -3.93. The molecule has 0 unspecified atom stereocenters.